The Balaban J connectivity index is 1.97. The lowest BCUT2D eigenvalue weighted by molar-refractivity contribution is -0.123. The monoisotopic (exact) mass is 383 g/mol. The maximum atomic E-state index is 12.7. The van der Waals surface area contributed by atoms with Crippen molar-refractivity contribution in [3.8, 4) is 0 Å². The Hall–Kier alpha value is -2.70. The number of imide groups is 1. The van der Waals surface area contributed by atoms with E-state index in [1.807, 2.05) is 74.5 Å². The minimum absolute atomic E-state index is 0.107. The van der Waals surface area contributed by atoms with Gasteiger partial charge in [0, 0.05) is 5.54 Å². The van der Waals surface area contributed by atoms with Gasteiger partial charge in [0.15, 0.2) is 0 Å². The molecule has 6 nitrogen and oxygen atoms in total. The first kappa shape index (κ1) is 21.6. The van der Waals surface area contributed by atoms with Crippen LogP contribution in [0, 0.1) is 0 Å². The lowest BCUT2D eigenvalue weighted by Crippen LogP contribution is -2.52. The molecule has 0 fully saturated rings. The fraction of sp³-hybridized carbons (Fsp3) is 0.364. The van der Waals surface area contributed by atoms with E-state index in [1.165, 1.54) is 0 Å². The van der Waals surface area contributed by atoms with Crippen molar-refractivity contribution < 1.29 is 14.3 Å². The molecule has 0 saturated heterocycles. The molecule has 0 aliphatic carbocycles. The number of amides is 2. The molecule has 2 aromatic rings. The molecule has 0 aromatic heterocycles. The summed E-state index contributed by atoms with van der Waals surface area (Å²) in [5.41, 5.74) is 7.06. The van der Waals surface area contributed by atoms with Crippen molar-refractivity contribution in [2.45, 2.75) is 44.9 Å². The SMILES string of the molecule is CC(C)(N[C@@H](CCCN)C(=O)NC(=O)OCc1ccccc1)c1ccccc1. The Kier molecular flexibility index (Phi) is 8.17. The molecule has 6 heteroatoms. The summed E-state index contributed by atoms with van der Waals surface area (Å²) in [4.78, 5) is 24.7. The van der Waals surface area contributed by atoms with Crippen LogP contribution in [0.4, 0.5) is 4.79 Å². The summed E-state index contributed by atoms with van der Waals surface area (Å²) in [6.07, 6.45) is 0.422. The highest BCUT2D eigenvalue weighted by molar-refractivity contribution is 5.94. The van der Waals surface area contributed by atoms with E-state index in [0.717, 1.165) is 11.1 Å². The van der Waals surface area contributed by atoms with Crippen LogP contribution in [-0.2, 0) is 21.7 Å². The molecule has 2 aromatic carbocycles. The minimum atomic E-state index is -0.758. The van der Waals surface area contributed by atoms with Crippen LogP contribution in [0.2, 0.25) is 0 Å². The molecule has 0 spiro atoms. The summed E-state index contributed by atoms with van der Waals surface area (Å²) >= 11 is 0. The van der Waals surface area contributed by atoms with Crippen LogP contribution in [0.1, 0.15) is 37.8 Å². The van der Waals surface area contributed by atoms with E-state index in [9.17, 15) is 9.59 Å². The van der Waals surface area contributed by atoms with Gasteiger partial charge in [0.2, 0.25) is 5.91 Å². The molecule has 0 radical (unpaired) electrons. The second-order valence-corrected chi connectivity index (χ2v) is 7.17. The molecule has 0 aliphatic heterocycles. The van der Waals surface area contributed by atoms with Crippen molar-refractivity contribution >= 4 is 12.0 Å². The van der Waals surface area contributed by atoms with Gasteiger partial charge in [-0.25, -0.2) is 4.79 Å². The second kappa shape index (κ2) is 10.6. The number of hydrogen-bond acceptors (Lipinski definition) is 5. The smallest absolute Gasteiger partial charge is 0.414 e. The van der Waals surface area contributed by atoms with E-state index in [-0.39, 0.29) is 6.61 Å². The number of carbonyl (C=O) groups excluding carboxylic acids is 2. The van der Waals surface area contributed by atoms with Crippen LogP contribution >= 0.6 is 0 Å². The normalized spacial score (nSPS) is 12.2. The van der Waals surface area contributed by atoms with Crippen LogP contribution in [-0.4, -0.2) is 24.6 Å². The molecule has 4 N–H and O–H groups in total. The summed E-state index contributed by atoms with van der Waals surface area (Å²) < 4.78 is 5.14. The van der Waals surface area contributed by atoms with E-state index in [2.05, 4.69) is 10.6 Å². The second-order valence-electron chi connectivity index (χ2n) is 7.17. The number of ether oxygens (including phenoxy) is 1. The predicted octanol–water partition coefficient (Wildman–Crippen LogP) is 3.07. The van der Waals surface area contributed by atoms with Crippen molar-refractivity contribution in [2.75, 3.05) is 6.54 Å². The van der Waals surface area contributed by atoms with E-state index in [1.54, 1.807) is 0 Å². The van der Waals surface area contributed by atoms with Crippen LogP contribution < -0.4 is 16.4 Å². The summed E-state index contributed by atoms with van der Waals surface area (Å²) in [6, 6.07) is 18.6. The summed E-state index contributed by atoms with van der Waals surface area (Å²) in [6.45, 7) is 4.57. The van der Waals surface area contributed by atoms with E-state index in [4.69, 9.17) is 10.5 Å². The number of carbonyl (C=O) groups is 2. The molecule has 0 saturated carbocycles. The van der Waals surface area contributed by atoms with Gasteiger partial charge in [-0.15, -0.1) is 0 Å². The highest BCUT2D eigenvalue weighted by Crippen LogP contribution is 2.21. The molecule has 150 valence electrons. The molecule has 0 aliphatic rings. The molecule has 2 amide bonds. The van der Waals surface area contributed by atoms with Crippen molar-refractivity contribution in [1.82, 2.24) is 10.6 Å². The van der Waals surface area contributed by atoms with Crippen molar-refractivity contribution in [3.05, 3.63) is 71.8 Å². The van der Waals surface area contributed by atoms with Gasteiger partial charge in [0.1, 0.15) is 6.61 Å². The Morgan fingerprint density at radius 1 is 1.04 bits per heavy atom. The summed E-state index contributed by atoms with van der Waals surface area (Å²) in [7, 11) is 0. The highest BCUT2D eigenvalue weighted by Gasteiger charge is 2.29. The topological polar surface area (TPSA) is 93.5 Å². The fourth-order valence-electron chi connectivity index (χ4n) is 2.91. The maximum absolute atomic E-state index is 12.7. The third-order valence-corrected chi connectivity index (χ3v) is 4.48. The molecule has 0 heterocycles. The van der Waals surface area contributed by atoms with Gasteiger partial charge in [-0.3, -0.25) is 15.4 Å². The highest BCUT2D eigenvalue weighted by atomic mass is 16.5. The largest absolute Gasteiger partial charge is 0.444 e. The van der Waals surface area contributed by atoms with E-state index >= 15 is 0 Å². The van der Waals surface area contributed by atoms with Gasteiger partial charge >= 0.3 is 6.09 Å². The van der Waals surface area contributed by atoms with Crippen LogP contribution in [0.3, 0.4) is 0 Å². The third-order valence-electron chi connectivity index (χ3n) is 4.48. The molecule has 2 rings (SSSR count). The third kappa shape index (κ3) is 6.79. The molecule has 0 unspecified atom stereocenters. The first-order valence-electron chi connectivity index (χ1n) is 9.47. The number of rotatable bonds is 9. The van der Waals surface area contributed by atoms with Crippen LogP contribution in [0.25, 0.3) is 0 Å². The summed E-state index contributed by atoms with van der Waals surface area (Å²) in [5, 5.41) is 5.68. The first-order chi connectivity index (χ1) is 13.4. The quantitative estimate of drug-likeness (QED) is 0.619. The van der Waals surface area contributed by atoms with Gasteiger partial charge in [-0.2, -0.15) is 0 Å². The standard InChI is InChI=1S/C22H29N3O3/c1-22(2,18-12-7-4-8-13-18)25-19(14-9-15-23)20(26)24-21(27)28-16-17-10-5-3-6-11-17/h3-8,10-13,19,25H,9,14-16,23H2,1-2H3,(H,24,26,27)/t19-/m0/s1. The van der Waals surface area contributed by atoms with E-state index < -0.39 is 23.6 Å². The fourth-order valence-corrected chi connectivity index (χ4v) is 2.91. The first-order valence-corrected chi connectivity index (χ1v) is 9.47. The van der Waals surface area contributed by atoms with Gasteiger partial charge in [-0.05, 0) is 44.4 Å². The Bertz CT molecular complexity index is 748. The van der Waals surface area contributed by atoms with E-state index in [0.29, 0.717) is 19.4 Å². The van der Waals surface area contributed by atoms with Crippen molar-refractivity contribution in [3.63, 3.8) is 0 Å². The molecule has 1 atom stereocenters. The van der Waals surface area contributed by atoms with Gasteiger partial charge in [-0.1, -0.05) is 60.7 Å². The molecular formula is C22H29N3O3. The van der Waals surface area contributed by atoms with Crippen LogP contribution in [0.15, 0.2) is 60.7 Å². The number of benzene rings is 2. The molecule has 0 bridgehead atoms. The van der Waals surface area contributed by atoms with Gasteiger partial charge in [0.05, 0.1) is 6.04 Å². The number of alkyl carbamates (subject to hydrolysis) is 1. The number of nitrogens with two attached hydrogens (primary N) is 1. The van der Waals surface area contributed by atoms with Gasteiger partial charge in [0.25, 0.3) is 0 Å². The summed E-state index contributed by atoms with van der Waals surface area (Å²) in [5.74, 6) is -0.421. The number of nitrogens with one attached hydrogen (secondary N) is 2. The zero-order chi connectivity index (χ0) is 20.4. The maximum Gasteiger partial charge on any atom is 0.414 e. The lowest BCUT2D eigenvalue weighted by atomic mass is 9.92. The number of hydrogen-bond donors (Lipinski definition) is 3. The lowest BCUT2D eigenvalue weighted by Gasteiger charge is -2.31. The Labute approximate surface area is 166 Å². The molecular weight excluding hydrogens is 354 g/mol. The Morgan fingerprint density at radius 2 is 1.64 bits per heavy atom. The van der Waals surface area contributed by atoms with Gasteiger partial charge < -0.3 is 10.5 Å². The van der Waals surface area contributed by atoms with Crippen molar-refractivity contribution in [2.24, 2.45) is 5.73 Å². The zero-order valence-corrected chi connectivity index (χ0v) is 16.5. The predicted molar refractivity (Wildman–Crippen MR) is 109 cm³/mol. The van der Waals surface area contributed by atoms with Crippen molar-refractivity contribution in [1.29, 1.82) is 0 Å². The average Bonchev–Trinajstić information content (AvgIpc) is 2.71. The van der Waals surface area contributed by atoms with Crippen LogP contribution in [0.5, 0.6) is 0 Å². The molecule has 28 heavy (non-hydrogen) atoms. The minimum Gasteiger partial charge on any atom is -0.444 e. The average molecular weight is 383 g/mol. The Morgan fingerprint density at radius 3 is 2.25 bits per heavy atom. The zero-order valence-electron chi connectivity index (χ0n) is 16.5.